The first-order valence-electron chi connectivity index (χ1n) is 7.07. The maximum absolute atomic E-state index is 12.5. The van der Waals surface area contributed by atoms with Crippen molar-refractivity contribution in [3.05, 3.63) is 70.4 Å². The number of para-hydroxylation sites is 1. The van der Waals surface area contributed by atoms with E-state index in [4.69, 9.17) is 0 Å². The molecule has 24 heavy (non-hydrogen) atoms. The summed E-state index contributed by atoms with van der Waals surface area (Å²) in [6, 6.07) is 13.6. The Hall–Kier alpha value is -2.93. The highest BCUT2D eigenvalue weighted by Crippen LogP contribution is 2.29. The number of rotatable bonds is 4. The van der Waals surface area contributed by atoms with Crippen molar-refractivity contribution in [3.8, 4) is 0 Å². The molecular weight excluding hydrogens is 326 g/mol. The SMILES string of the molecule is CSc1ccc(C(=O)Nc2cccc3cccnc23)cc1[N+](=O)[O-]. The third-order valence-corrected chi connectivity index (χ3v) is 4.30. The Bertz CT molecular complexity index is 938. The largest absolute Gasteiger partial charge is 0.320 e. The summed E-state index contributed by atoms with van der Waals surface area (Å²) in [4.78, 5) is 27.9. The van der Waals surface area contributed by atoms with Gasteiger partial charge >= 0.3 is 0 Å². The quantitative estimate of drug-likeness (QED) is 0.439. The summed E-state index contributed by atoms with van der Waals surface area (Å²) in [5.41, 5.74) is 1.39. The van der Waals surface area contributed by atoms with Crippen LogP contribution < -0.4 is 5.32 Å². The van der Waals surface area contributed by atoms with Crippen LogP contribution in [0.5, 0.6) is 0 Å². The number of nitro groups is 1. The van der Waals surface area contributed by atoms with Crippen LogP contribution >= 0.6 is 11.8 Å². The van der Waals surface area contributed by atoms with E-state index in [2.05, 4.69) is 10.3 Å². The van der Waals surface area contributed by atoms with E-state index in [1.165, 1.54) is 17.8 Å². The molecule has 0 spiro atoms. The Morgan fingerprint density at radius 3 is 2.75 bits per heavy atom. The van der Waals surface area contributed by atoms with Crippen LogP contribution in [0.3, 0.4) is 0 Å². The molecule has 3 aromatic rings. The number of nitrogens with zero attached hydrogens (tertiary/aromatic N) is 2. The van der Waals surface area contributed by atoms with Crippen LogP contribution in [0, 0.1) is 10.1 Å². The summed E-state index contributed by atoms with van der Waals surface area (Å²) in [5.74, 6) is -0.413. The topological polar surface area (TPSA) is 85.1 Å². The maximum atomic E-state index is 12.5. The fraction of sp³-hybridized carbons (Fsp3) is 0.0588. The molecule has 1 heterocycles. The smallest absolute Gasteiger partial charge is 0.283 e. The minimum atomic E-state index is -0.484. The zero-order valence-corrected chi connectivity index (χ0v) is 13.5. The van der Waals surface area contributed by atoms with E-state index >= 15 is 0 Å². The molecule has 3 rings (SSSR count). The lowest BCUT2D eigenvalue weighted by atomic mass is 10.1. The van der Waals surface area contributed by atoms with Crippen molar-refractivity contribution in [2.24, 2.45) is 0 Å². The summed E-state index contributed by atoms with van der Waals surface area (Å²) in [6.45, 7) is 0. The molecule has 0 aliphatic rings. The highest BCUT2D eigenvalue weighted by Gasteiger charge is 2.17. The fourth-order valence-corrected chi connectivity index (χ4v) is 2.92. The van der Waals surface area contributed by atoms with E-state index in [1.807, 2.05) is 24.3 Å². The second-order valence-corrected chi connectivity index (χ2v) is 5.83. The molecule has 0 atom stereocenters. The molecule has 1 aromatic heterocycles. The Morgan fingerprint density at radius 2 is 2.00 bits per heavy atom. The number of anilines is 1. The molecule has 0 saturated carbocycles. The van der Waals surface area contributed by atoms with Crippen molar-refractivity contribution in [2.75, 3.05) is 11.6 Å². The van der Waals surface area contributed by atoms with Gasteiger partial charge in [0.05, 0.1) is 21.0 Å². The summed E-state index contributed by atoms with van der Waals surface area (Å²) in [5, 5.41) is 14.8. The Labute approximate surface area is 142 Å². The van der Waals surface area contributed by atoms with Gasteiger partial charge in [-0.1, -0.05) is 18.2 Å². The van der Waals surface area contributed by atoms with E-state index < -0.39 is 10.8 Å². The number of pyridine rings is 1. The van der Waals surface area contributed by atoms with Crippen LogP contribution in [0.1, 0.15) is 10.4 Å². The average Bonchev–Trinajstić information content (AvgIpc) is 2.61. The molecule has 1 amide bonds. The average molecular weight is 339 g/mol. The number of benzene rings is 2. The van der Waals surface area contributed by atoms with E-state index in [0.717, 1.165) is 5.39 Å². The highest BCUT2D eigenvalue weighted by molar-refractivity contribution is 7.98. The van der Waals surface area contributed by atoms with Gasteiger partial charge in [0.1, 0.15) is 0 Å². The summed E-state index contributed by atoms with van der Waals surface area (Å²) in [7, 11) is 0. The van der Waals surface area contributed by atoms with Gasteiger partial charge in [0.25, 0.3) is 11.6 Å². The zero-order chi connectivity index (χ0) is 17.1. The number of carbonyl (C=O) groups is 1. The van der Waals surface area contributed by atoms with E-state index in [0.29, 0.717) is 16.1 Å². The van der Waals surface area contributed by atoms with Crippen molar-refractivity contribution in [2.45, 2.75) is 4.90 Å². The lowest BCUT2D eigenvalue weighted by Crippen LogP contribution is -2.12. The second-order valence-electron chi connectivity index (χ2n) is 4.98. The number of fused-ring (bicyclic) bond motifs is 1. The first kappa shape index (κ1) is 15.9. The Kier molecular flexibility index (Phi) is 4.43. The van der Waals surface area contributed by atoms with Crippen molar-refractivity contribution in [1.29, 1.82) is 0 Å². The van der Waals surface area contributed by atoms with Crippen LogP contribution in [-0.2, 0) is 0 Å². The molecule has 7 heteroatoms. The van der Waals surface area contributed by atoms with Crippen molar-refractivity contribution in [3.63, 3.8) is 0 Å². The molecule has 2 aromatic carbocycles. The molecular formula is C17H13N3O3S. The predicted molar refractivity (Wildman–Crippen MR) is 94.6 cm³/mol. The molecule has 0 unspecified atom stereocenters. The van der Waals surface area contributed by atoms with Gasteiger partial charge in [0, 0.05) is 23.2 Å². The third-order valence-electron chi connectivity index (χ3n) is 3.52. The Balaban J connectivity index is 1.95. The molecule has 6 nitrogen and oxygen atoms in total. The van der Waals surface area contributed by atoms with Gasteiger partial charge in [-0.3, -0.25) is 19.9 Å². The number of nitrogens with one attached hydrogen (secondary N) is 1. The maximum Gasteiger partial charge on any atom is 0.283 e. The van der Waals surface area contributed by atoms with E-state index in [9.17, 15) is 14.9 Å². The van der Waals surface area contributed by atoms with E-state index in [-0.39, 0.29) is 11.3 Å². The summed E-state index contributed by atoms with van der Waals surface area (Å²) < 4.78 is 0. The van der Waals surface area contributed by atoms with Crippen molar-refractivity contribution >= 4 is 39.9 Å². The number of aromatic nitrogens is 1. The normalized spacial score (nSPS) is 10.5. The minimum Gasteiger partial charge on any atom is -0.320 e. The third kappa shape index (κ3) is 3.07. The highest BCUT2D eigenvalue weighted by atomic mass is 32.2. The molecule has 0 fully saturated rings. The summed E-state index contributed by atoms with van der Waals surface area (Å²) in [6.07, 6.45) is 3.40. The first-order chi connectivity index (χ1) is 11.6. The standard InChI is InChI=1S/C17H13N3O3S/c1-24-15-8-7-12(10-14(15)20(22)23)17(21)19-13-6-2-4-11-5-3-9-18-16(11)13/h2-10H,1H3,(H,19,21). The number of hydrogen-bond donors (Lipinski definition) is 1. The number of carbonyl (C=O) groups excluding carboxylic acids is 1. The van der Waals surface area contributed by atoms with Crippen LogP contribution in [0.4, 0.5) is 11.4 Å². The number of hydrogen-bond acceptors (Lipinski definition) is 5. The lowest BCUT2D eigenvalue weighted by molar-refractivity contribution is -0.387. The molecule has 1 N–H and O–H groups in total. The summed E-state index contributed by atoms with van der Waals surface area (Å²) >= 11 is 1.27. The van der Waals surface area contributed by atoms with Crippen molar-refractivity contribution in [1.82, 2.24) is 4.98 Å². The van der Waals surface area contributed by atoms with Gasteiger partial charge in [-0.05, 0) is 30.5 Å². The number of nitro benzene ring substituents is 1. The molecule has 0 aliphatic carbocycles. The minimum absolute atomic E-state index is 0.0776. The Morgan fingerprint density at radius 1 is 1.21 bits per heavy atom. The zero-order valence-electron chi connectivity index (χ0n) is 12.7. The predicted octanol–water partition coefficient (Wildman–Crippen LogP) is 4.12. The van der Waals surface area contributed by atoms with Gasteiger partial charge in [0.15, 0.2) is 0 Å². The van der Waals surface area contributed by atoms with Crippen LogP contribution in [0.15, 0.2) is 59.6 Å². The van der Waals surface area contributed by atoms with Crippen molar-refractivity contribution < 1.29 is 9.72 Å². The van der Waals surface area contributed by atoms with Gasteiger partial charge in [-0.25, -0.2) is 0 Å². The van der Waals surface area contributed by atoms with Gasteiger partial charge < -0.3 is 5.32 Å². The van der Waals surface area contributed by atoms with Crippen LogP contribution in [0.25, 0.3) is 10.9 Å². The van der Waals surface area contributed by atoms with E-state index in [1.54, 1.807) is 30.7 Å². The molecule has 0 aliphatic heterocycles. The monoisotopic (exact) mass is 339 g/mol. The van der Waals surface area contributed by atoms with Crippen LogP contribution in [-0.4, -0.2) is 22.1 Å². The van der Waals surface area contributed by atoms with Gasteiger partial charge in [0.2, 0.25) is 0 Å². The first-order valence-corrected chi connectivity index (χ1v) is 8.30. The molecule has 0 bridgehead atoms. The number of amides is 1. The van der Waals surface area contributed by atoms with Gasteiger partial charge in [-0.15, -0.1) is 11.8 Å². The fourth-order valence-electron chi connectivity index (χ4n) is 2.37. The lowest BCUT2D eigenvalue weighted by Gasteiger charge is -2.08. The molecule has 0 saturated heterocycles. The number of thioether (sulfide) groups is 1. The second kappa shape index (κ2) is 6.67. The van der Waals surface area contributed by atoms with Crippen LogP contribution in [0.2, 0.25) is 0 Å². The van der Waals surface area contributed by atoms with Gasteiger partial charge in [-0.2, -0.15) is 0 Å². The molecule has 120 valence electrons. The molecule has 0 radical (unpaired) electrons.